The highest BCUT2D eigenvalue weighted by atomic mass is 19.4. The Hall–Kier alpha value is -4.12. The summed E-state index contributed by atoms with van der Waals surface area (Å²) in [6.45, 7) is -0.394. The Balaban J connectivity index is 1.40. The molecule has 39 heavy (non-hydrogen) atoms. The molecule has 5 rings (SSSR count). The topological polar surface area (TPSA) is 83.2 Å². The van der Waals surface area contributed by atoms with E-state index in [1.54, 1.807) is 6.07 Å². The van der Waals surface area contributed by atoms with Crippen LogP contribution in [0.2, 0.25) is 0 Å². The zero-order valence-electron chi connectivity index (χ0n) is 20.3. The quantitative estimate of drug-likeness (QED) is 0.152. The fraction of sp³-hybridized carbons (Fsp3) is 0.346. The largest absolute Gasteiger partial charge is 0.488 e. The number of hydrogen-bond acceptors (Lipinski definition) is 3. The Morgan fingerprint density at radius 3 is 2.36 bits per heavy atom. The predicted molar refractivity (Wildman–Crippen MR) is 127 cm³/mol. The first kappa shape index (κ1) is 26.5. The van der Waals surface area contributed by atoms with Gasteiger partial charge in [0.05, 0.1) is 11.1 Å². The molecule has 1 unspecified atom stereocenters. The average Bonchev–Trinajstić information content (AvgIpc) is 3.36. The minimum absolute atomic E-state index is 0.0331. The number of amides is 1. The third-order valence-corrected chi connectivity index (χ3v) is 7.21. The summed E-state index contributed by atoms with van der Waals surface area (Å²) in [7, 11) is 0. The van der Waals surface area contributed by atoms with E-state index >= 15 is 0 Å². The van der Waals surface area contributed by atoms with Crippen molar-refractivity contribution < 1.29 is 35.9 Å². The van der Waals surface area contributed by atoms with Crippen LogP contribution < -0.4 is 4.74 Å². The van der Waals surface area contributed by atoms with Gasteiger partial charge in [-0.3, -0.25) is 4.79 Å². The Bertz CT molecular complexity index is 1440. The maximum Gasteiger partial charge on any atom is 0.416 e. The fourth-order valence-electron chi connectivity index (χ4n) is 5.47. The number of fused-ring (bicyclic) bond motifs is 4. The van der Waals surface area contributed by atoms with Gasteiger partial charge in [0.25, 0.3) is 0 Å². The van der Waals surface area contributed by atoms with Gasteiger partial charge in [0, 0.05) is 47.4 Å². The molecule has 0 aliphatic carbocycles. The molecule has 1 aromatic heterocycles. The van der Waals surface area contributed by atoms with E-state index in [0.717, 1.165) is 16.9 Å². The predicted octanol–water partition coefficient (Wildman–Crippen LogP) is 6.78. The van der Waals surface area contributed by atoms with Crippen molar-refractivity contribution in [3.05, 3.63) is 93.1 Å². The molecule has 0 saturated carbocycles. The third-order valence-electron chi connectivity index (χ3n) is 7.21. The summed E-state index contributed by atoms with van der Waals surface area (Å²) in [6, 6.07) is 10.6. The molecule has 2 aliphatic rings. The number of alkyl halides is 6. The van der Waals surface area contributed by atoms with Crippen molar-refractivity contribution in [1.82, 2.24) is 9.47 Å². The summed E-state index contributed by atoms with van der Waals surface area (Å²) in [5.41, 5.74) is 7.50. The van der Waals surface area contributed by atoms with Crippen LogP contribution in [0, 0.1) is 0 Å². The second kappa shape index (κ2) is 9.57. The molecule has 0 N–H and O–H groups in total. The third kappa shape index (κ3) is 5.14. The smallest absolute Gasteiger partial charge is 0.416 e. The lowest BCUT2D eigenvalue weighted by Gasteiger charge is -2.44. The number of carbonyl (C=O) groups is 1. The number of halogens is 6. The standard InChI is InChI=1S/C26H21F6N5O2/c27-25(28,29)18-8-16(9-19(11-18)26(30,31)32)14-36-7-5-24(13-23(36)38)12-17-10-20(39-15-34-35-33)3-4-21(17)37-6-1-2-22(24)37/h1-4,6,8-11H,5,7,12-15H2. The number of carbonyl (C=O) groups excluding carboxylic acids is 1. The molecule has 3 heterocycles. The number of hydrogen-bond donors (Lipinski definition) is 0. The molecule has 1 fully saturated rings. The molecule has 13 heteroatoms. The fourth-order valence-corrected chi connectivity index (χ4v) is 5.47. The van der Waals surface area contributed by atoms with Crippen LogP contribution >= 0.6 is 0 Å². The van der Waals surface area contributed by atoms with E-state index in [1.807, 2.05) is 35.0 Å². The lowest BCUT2D eigenvalue weighted by Crippen LogP contribution is -2.49. The lowest BCUT2D eigenvalue weighted by molar-refractivity contribution is -0.143. The Morgan fingerprint density at radius 2 is 1.72 bits per heavy atom. The van der Waals surface area contributed by atoms with Gasteiger partial charge in [-0.25, -0.2) is 0 Å². The van der Waals surface area contributed by atoms with Gasteiger partial charge < -0.3 is 14.2 Å². The van der Waals surface area contributed by atoms with Crippen LogP contribution in [0.1, 0.15) is 40.8 Å². The van der Waals surface area contributed by atoms with Crippen LogP contribution in [0.5, 0.6) is 5.75 Å². The van der Waals surface area contributed by atoms with Crippen molar-refractivity contribution in [2.45, 2.75) is 43.6 Å². The number of benzene rings is 2. The molecule has 2 aliphatic heterocycles. The van der Waals surface area contributed by atoms with Crippen molar-refractivity contribution >= 4 is 5.91 Å². The number of nitrogens with zero attached hydrogens (tertiary/aromatic N) is 5. The molecule has 1 atom stereocenters. The first-order chi connectivity index (χ1) is 18.4. The maximum atomic E-state index is 13.3. The van der Waals surface area contributed by atoms with Gasteiger partial charge in [-0.05, 0) is 78.0 Å². The summed E-state index contributed by atoms with van der Waals surface area (Å²) >= 11 is 0. The van der Waals surface area contributed by atoms with Crippen LogP contribution in [0.4, 0.5) is 26.3 Å². The summed E-state index contributed by atoms with van der Waals surface area (Å²) < 4.78 is 87.2. The van der Waals surface area contributed by atoms with Crippen LogP contribution in [0.3, 0.4) is 0 Å². The minimum Gasteiger partial charge on any atom is -0.488 e. The van der Waals surface area contributed by atoms with E-state index in [2.05, 4.69) is 10.0 Å². The molecule has 1 saturated heterocycles. The molecule has 3 aromatic rings. The van der Waals surface area contributed by atoms with E-state index in [0.29, 0.717) is 30.7 Å². The normalized spacial score (nSPS) is 18.9. The highest BCUT2D eigenvalue weighted by molar-refractivity contribution is 5.79. The van der Waals surface area contributed by atoms with Crippen LogP contribution in [0.25, 0.3) is 16.1 Å². The van der Waals surface area contributed by atoms with Gasteiger partial charge in [-0.2, -0.15) is 26.3 Å². The Morgan fingerprint density at radius 1 is 1.00 bits per heavy atom. The first-order valence-corrected chi connectivity index (χ1v) is 11.9. The number of aromatic nitrogens is 1. The second-order valence-electron chi connectivity index (χ2n) is 9.67. The van der Waals surface area contributed by atoms with Crippen LogP contribution in [0.15, 0.2) is 59.8 Å². The molecule has 0 bridgehead atoms. The highest BCUT2D eigenvalue weighted by Gasteiger charge is 2.45. The maximum absolute atomic E-state index is 13.3. The molecule has 204 valence electrons. The SMILES string of the molecule is [N-]=[N+]=NCOc1ccc2c(c1)CC1(CCN(Cc3cc(C(F)(F)F)cc(C(F)(F)F)c3)C(=O)C1)c1cccn1-2. The van der Waals surface area contributed by atoms with E-state index in [4.69, 9.17) is 10.3 Å². The van der Waals surface area contributed by atoms with Crippen molar-refractivity contribution in [2.75, 3.05) is 13.3 Å². The number of azide groups is 1. The van der Waals surface area contributed by atoms with E-state index in [-0.39, 0.29) is 43.8 Å². The van der Waals surface area contributed by atoms with E-state index < -0.39 is 28.9 Å². The molecular weight excluding hydrogens is 528 g/mol. The summed E-state index contributed by atoms with van der Waals surface area (Å²) in [5, 5.41) is 3.36. The second-order valence-corrected chi connectivity index (χ2v) is 9.67. The number of rotatable bonds is 5. The lowest BCUT2D eigenvalue weighted by atomic mass is 9.69. The zero-order chi connectivity index (χ0) is 28.0. The minimum atomic E-state index is -4.96. The molecule has 7 nitrogen and oxygen atoms in total. The van der Waals surface area contributed by atoms with Gasteiger partial charge in [0.2, 0.25) is 5.91 Å². The molecular formula is C26H21F6N5O2. The van der Waals surface area contributed by atoms with Gasteiger partial charge in [0.1, 0.15) is 5.75 Å². The van der Waals surface area contributed by atoms with Crippen LogP contribution in [-0.4, -0.2) is 28.6 Å². The molecule has 0 radical (unpaired) electrons. The Labute approximate surface area is 218 Å². The van der Waals surface area contributed by atoms with Gasteiger partial charge in [0.15, 0.2) is 6.73 Å². The van der Waals surface area contributed by atoms with E-state index in [9.17, 15) is 31.1 Å². The number of piperidine rings is 1. The van der Waals surface area contributed by atoms with Crippen molar-refractivity contribution in [1.29, 1.82) is 0 Å². The van der Waals surface area contributed by atoms with Crippen molar-refractivity contribution in [2.24, 2.45) is 5.11 Å². The van der Waals surface area contributed by atoms with Crippen LogP contribution in [-0.2, 0) is 35.5 Å². The van der Waals surface area contributed by atoms with Crippen molar-refractivity contribution in [3.63, 3.8) is 0 Å². The highest BCUT2D eigenvalue weighted by Crippen LogP contribution is 2.46. The molecule has 1 amide bonds. The monoisotopic (exact) mass is 549 g/mol. The summed E-state index contributed by atoms with van der Waals surface area (Å²) in [4.78, 5) is 17.3. The van der Waals surface area contributed by atoms with E-state index in [1.165, 1.54) is 4.90 Å². The first-order valence-electron chi connectivity index (χ1n) is 11.9. The Kier molecular flexibility index (Phi) is 6.50. The zero-order valence-corrected chi connectivity index (χ0v) is 20.3. The van der Waals surface area contributed by atoms with Gasteiger partial charge in [-0.1, -0.05) is 5.11 Å². The van der Waals surface area contributed by atoms with Crippen molar-refractivity contribution in [3.8, 4) is 11.4 Å². The van der Waals surface area contributed by atoms with Gasteiger partial charge >= 0.3 is 12.4 Å². The summed E-state index contributed by atoms with van der Waals surface area (Å²) in [5.74, 6) is 0.125. The average molecular weight is 549 g/mol. The number of ether oxygens (including phenoxy) is 1. The molecule has 1 spiro atoms. The molecule has 2 aromatic carbocycles. The summed E-state index contributed by atoms with van der Waals surface area (Å²) in [6.07, 6.45) is -7.09. The number of likely N-dealkylation sites (tertiary alicyclic amines) is 1. The van der Waals surface area contributed by atoms with Gasteiger partial charge in [-0.15, -0.1) is 0 Å².